The highest BCUT2D eigenvalue weighted by Gasteiger charge is 2.33. The number of hydrogen-bond donors (Lipinski definition) is 1. The number of nitrogens with one attached hydrogen (secondary N) is 1. The van der Waals surface area contributed by atoms with Gasteiger partial charge in [-0.1, -0.05) is 44.2 Å². The minimum Gasteiger partial charge on any atom is -0.375 e. The van der Waals surface area contributed by atoms with Crippen molar-refractivity contribution in [2.24, 2.45) is 0 Å². The van der Waals surface area contributed by atoms with Gasteiger partial charge in [-0.15, -0.1) is 0 Å². The summed E-state index contributed by atoms with van der Waals surface area (Å²) < 4.78 is 29.0. The maximum absolute atomic E-state index is 12.7. The van der Waals surface area contributed by atoms with Gasteiger partial charge in [-0.3, -0.25) is 9.36 Å². The summed E-state index contributed by atoms with van der Waals surface area (Å²) in [5, 5.41) is 2.94. The standard InChI is InChI=1S/C19H32NO5P/c1-5-18(15-23-14-17-11-9-8-10-12-17)20-19(21)13-16(4)26(22,24-6-2)25-7-3/h8-12,16,18H,5-7,13-15H2,1-4H3,(H,20,21). The first-order valence-corrected chi connectivity index (χ1v) is 10.9. The van der Waals surface area contributed by atoms with Crippen LogP contribution in [0.5, 0.6) is 0 Å². The van der Waals surface area contributed by atoms with Gasteiger partial charge in [0.2, 0.25) is 5.91 Å². The van der Waals surface area contributed by atoms with E-state index in [4.69, 9.17) is 13.8 Å². The first kappa shape index (κ1) is 22.8. The number of ether oxygens (including phenoxy) is 1. The minimum atomic E-state index is -3.27. The molecule has 1 N–H and O–H groups in total. The van der Waals surface area contributed by atoms with Crippen LogP contribution in [0.2, 0.25) is 0 Å². The largest absolute Gasteiger partial charge is 0.375 e. The van der Waals surface area contributed by atoms with E-state index in [1.807, 2.05) is 37.3 Å². The molecular weight excluding hydrogens is 353 g/mol. The molecule has 0 aliphatic heterocycles. The second-order valence-electron chi connectivity index (χ2n) is 6.10. The molecule has 0 bridgehead atoms. The fourth-order valence-electron chi connectivity index (χ4n) is 2.47. The Morgan fingerprint density at radius 2 is 1.73 bits per heavy atom. The zero-order valence-corrected chi connectivity index (χ0v) is 17.2. The molecule has 0 fully saturated rings. The maximum Gasteiger partial charge on any atom is 0.333 e. The smallest absolute Gasteiger partial charge is 0.333 e. The normalized spacial score (nSPS) is 14.0. The van der Waals surface area contributed by atoms with E-state index in [-0.39, 0.29) is 31.6 Å². The summed E-state index contributed by atoms with van der Waals surface area (Å²) in [6, 6.07) is 9.81. The van der Waals surface area contributed by atoms with Gasteiger partial charge in [0.15, 0.2) is 0 Å². The lowest BCUT2D eigenvalue weighted by Crippen LogP contribution is -2.39. The van der Waals surface area contributed by atoms with Crippen LogP contribution in [0.3, 0.4) is 0 Å². The van der Waals surface area contributed by atoms with Gasteiger partial charge < -0.3 is 19.1 Å². The van der Waals surface area contributed by atoms with Crippen molar-refractivity contribution in [1.82, 2.24) is 5.32 Å². The minimum absolute atomic E-state index is 0.0861. The molecular formula is C19H32NO5P. The van der Waals surface area contributed by atoms with Crippen LogP contribution in [0.25, 0.3) is 0 Å². The Balaban J connectivity index is 2.46. The van der Waals surface area contributed by atoms with Crippen LogP contribution >= 0.6 is 7.60 Å². The van der Waals surface area contributed by atoms with Crippen molar-refractivity contribution in [2.45, 2.75) is 58.8 Å². The summed E-state index contributed by atoms with van der Waals surface area (Å²) in [4.78, 5) is 12.3. The fourth-order valence-corrected chi connectivity index (χ4v) is 4.17. The van der Waals surface area contributed by atoms with Gasteiger partial charge in [0.1, 0.15) is 0 Å². The average molecular weight is 385 g/mol. The molecule has 26 heavy (non-hydrogen) atoms. The monoisotopic (exact) mass is 385 g/mol. The molecule has 0 radical (unpaired) electrons. The van der Waals surface area contributed by atoms with Crippen molar-refractivity contribution >= 4 is 13.5 Å². The van der Waals surface area contributed by atoms with Crippen LogP contribution in [0.4, 0.5) is 0 Å². The number of amides is 1. The lowest BCUT2D eigenvalue weighted by atomic mass is 10.2. The van der Waals surface area contributed by atoms with Crippen LogP contribution in [-0.2, 0) is 29.8 Å². The highest BCUT2D eigenvalue weighted by molar-refractivity contribution is 7.54. The number of hydrogen-bond acceptors (Lipinski definition) is 5. The van der Waals surface area contributed by atoms with Crippen molar-refractivity contribution in [3.05, 3.63) is 35.9 Å². The van der Waals surface area contributed by atoms with E-state index in [1.54, 1.807) is 20.8 Å². The van der Waals surface area contributed by atoms with Gasteiger partial charge >= 0.3 is 7.60 Å². The molecule has 7 heteroatoms. The summed E-state index contributed by atoms with van der Waals surface area (Å²) in [5.41, 5.74) is 0.599. The van der Waals surface area contributed by atoms with Crippen molar-refractivity contribution in [3.63, 3.8) is 0 Å². The van der Waals surface area contributed by atoms with Crippen molar-refractivity contribution in [3.8, 4) is 0 Å². The molecule has 0 aliphatic carbocycles. The summed E-state index contributed by atoms with van der Waals surface area (Å²) in [7, 11) is -3.27. The van der Waals surface area contributed by atoms with Crippen LogP contribution < -0.4 is 5.32 Å². The van der Waals surface area contributed by atoms with E-state index in [2.05, 4.69) is 5.32 Å². The number of rotatable bonds is 13. The first-order valence-electron chi connectivity index (χ1n) is 9.24. The molecule has 0 saturated heterocycles. The molecule has 0 aromatic heterocycles. The van der Waals surface area contributed by atoms with Crippen molar-refractivity contribution in [2.75, 3.05) is 19.8 Å². The number of benzene rings is 1. The van der Waals surface area contributed by atoms with Gasteiger partial charge in [0.25, 0.3) is 0 Å². The third kappa shape index (κ3) is 8.00. The van der Waals surface area contributed by atoms with Crippen molar-refractivity contribution in [1.29, 1.82) is 0 Å². The van der Waals surface area contributed by atoms with E-state index >= 15 is 0 Å². The number of carbonyl (C=O) groups excluding carboxylic acids is 1. The van der Waals surface area contributed by atoms with Gasteiger partial charge in [0.05, 0.1) is 38.1 Å². The maximum atomic E-state index is 12.7. The van der Waals surface area contributed by atoms with Gasteiger partial charge in [-0.05, 0) is 25.8 Å². The van der Waals surface area contributed by atoms with E-state index < -0.39 is 13.3 Å². The summed E-state index contributed by atoms with van der Waals surface area (Å²) in [6.45, 7) is 8.74. The van der Waals surface area contributed by atoms with Crippen LogP contribution in [0.1, 0.15) is 46.1 Å². The molecule has 0 aliphatic rings. The van der Waals surface area contributed by atoms with Gasteiger partial charge in [0, 0.05) is 6.42 Å². The van der Waals surface area contributed by atoms with E-state index in [1.165, 1.54) is 0 Å². The highest BCUT2D eigenvalue weighted by atomic mass is 31.2. The summed E-state index contributed by atoms with van der Waals surface area (Å²) >= 11 is 0. The second kappa shape index (κ2) is 12.2. The van der Waals surface area contributed by atoms with Gasteiger partial charge in [-0.2, -0.15) is 0 Å². The van der Waals surface area contributed by atoms with Gasteiger partial charge in [-0.25, -0.2) is 0 Å². The lowest BCUT2D eigenvalue weighted by Gasteiger charge is -2.24. The third-order valence-electron chi connectivity index (χ3n) is 3.93. The Bertz CT molecular complexity index is 556. The van der Waals surface area contributed by atoms with E-state index in [0.717, 1.165) is 12.0 Å². The van der Waals surface area contributed by atoms with Crippen LogP contribution in [0.15, 0.2) is 30.3 Å². The summed E-state index contributed by atoms with van der Waals surface area (Å²) in [5.74, 6) is -0.174. The van der Waals surface area contributed by atoms with Crippen LogP contribution in [-0.4, -0.2) is 37.4 Å². The quantitative estimate of drug-likeness (QED) is 0.517. The molecule has 2 unspecified atom stereocenters. The fraction of sp³-hybridized carbons (Fsp3) is 0.632. The predicted molar refractivity (Wildman–Crippen MR) is 103 cm³/mol. The SMILES string of the molecule is CCOP(=O)(OCC)C(C)CC(=O)NC(CC)COCc1ccccc1. The molecule has 1 rings (SSSR count). The molecule has 1 amide bonds. The molecule has 0 heterocycles. The molecule has 1 aromatic carbocycles. The third-order valence-corrected chi connectivity index (χ3v) is 6.43. The molecule has 2 atom stereocenters. The Hall–Kier alpha value is -1.20. The molecule has 0 spiro atoms. The van der Waals surface area contributed by atoms with Crippen LogP contribution in [0, 0.1) is 0 Å². The topological polar surface area (TPSA) is 73.9 Å². The molecule has 1 aromatic rings. The second-order valence-corrected chi connectivity index (χ2v) is 8.58. The Morgan fingerprint density at radius 3 is 2.27 bits per heavy atom. The first-order chi connectivity index (χ1) is 12.4. The average Bonchev–Trinajstić information content (AvgIpc) is 2.62. The zero-order valence-electron chi connectivity index (χ0n) is 16.3. The Labute approximate surface area is 157 Å². The van der Waals surface area contributed by atoms with E-state index in [0.29, 0.717) is 13.2 Å². The molecule has 0 saturated carbocycles. The Kier molecular flexibility index (Phi) is 10.7. The van der Waals surface area contributed by atoms with E-state index in [9.17, 15) is 9.36 Å². The predicted octanol–water partition coefficient (Wildman–Crippen LogP) is 4.14. The highest BCUT2D eigenvalue weighted by Crippen LogP contribution is 2.53. The molecule has 6 nitrogen and oxygen atoms in total. The number of carbonyl (C=O) groups is 1. The summed E-state index contributed by atoms with van der Waals surface area (Å²) in [6.07, 6.45) is 0.843. The Morgan fingerprint density at radius 1 is 1.12 bits per heavy atom. The zero-order chi connectivity index (χ0) is 19.4. The van der Waals surface area contributed by atoms with Crippen molar-refractivity contribution < 1.29 is 23.1 Å². The molecule has 148 valence electrons. The lowest BCUT2D eigenvalue weighted by molar-refractivity contribution is -0.122.